The van der Waals surface area contributed by atoms with Gasteiger partial charge in [-0.2, -0.15) is 0 Å². The number of carbonyl (C=O) groups is 1. The van der Waals surface area contributed by atoms with Crippen molar-refractivity contribution in [1.29, 1.82) is 0 Å². The fourth-order valence-corrected chi connectivity index (χ4v) is 2.73. The molecule has 2 N–H and O–H groups in total. The van der Waals surface area contributed by atoms with Gasteiger partial charge in [0.25, 0.3) is 5.91 Å². The van der Waals surface area contributed by atoms with Crippen LogP contribution in [0.4, 0.5) is 5.69 Å². The summed E-state index contributed by atoms with van der Waals surface area (Å²) in [6.45, 7) is 0. The number of halogens is 1. The molecule has 7 nitrogen and oxygen atoms in total. The predicted molar refractivity (Wildman–Crippen MR) is 97.3 cm³/mol. The number of benzene rings is 2. The lowest BCUT2D eigenvalue weighted by Crippen LogP contribution is -2.13. The van der Waals surface area contributed by atoms with Crippen LogP contribution in [0.2, 0.25) is 5.02 Å². The molecule has 4 rings (SSSR count). The molecular weight excluding hydrogens is 356 g/mol. The van der Waals surface area contributed by atoms with E-state index in [1.54, 1.807) is 24.3 Å². The number of amides is 1. The van der Waals surface area contributed by atoms with Gasteiger partial charge < -0.3 is 5.32 Å². The quantitative estimate of drug-likeness (QED) is 0.578. The van der Waals surface area contributed by atoms with Crippen LogP contribution in [0.15, 0.2) is 64.0 Å². The van der Waals surface area contributed by atoms with Gasteiger partial charge in [0, 0.05) is 22.2 Å². The molecule has 0 unspecified atom stereocenters. The van der Waals surface area contributed by atoms with Gasteiger partial charge in [0.05, 0.1) is 16.8 Å². The summed E-state index contributed by atoms with van der Waals surface area (Å²) in [7, 11) is 0. The van der Waals surface area contributed by atoms with E-state index in [0.717, 1.165) is 10.9 Å². The van der Waals surface area contributed by atoms with Crippen molar-refractivity contribution in [3.63, 3.8) is 0 Å². The Balaban J connectivity index is 1.70. The zero-order valence-electron chi connectivity index (χ0n) is 13.2. The molecule has 0 aliphatic rings. The van der Waals surface area contributed by atoms with Crippen LogP contribution in [0.1, 0.15) is 10.4 Å². The predicted octanol–water partition coefficient (Wildman–Crippen LogP) is 3.48. The topological polar surface area (TPSA) is 101 Å². The number of para-hydroxylation sites is 1. The first-order valence-electron chi connectivity index (χ1n) is 7.62. The minimum atomic E-state index is -0.698. The van der Waals surface area contributed by atoms with Gasteiger partial charge >= 0.3 is 5.76 Å². The van der Waals surface area contributed by atoms with Crippen molar-refractivity contribution in [3.05, 3.63) is 75.9 Å². The van der Waals surface area contributed by atoms with E-state index in [4.69, 9.17) is 11.6 Å². The SMILES string of the molecule is O=C(Nc1ccc(Cl)cc1-c1noc(=O)[nH]1)c1cnc2ccccc2c1. The Morgan fingerprint density at radius 2 is 2.00 bits per heavy atom. The highest BCUT2D eigenvalue weighted by Crippen LogP contribution is 2.28. The van der Waals surface area contributed by atoms with E-state index < -0.39 is 5.76 Å². The van der Waals surface area contributed by atoms with Crippen molar-refractivity contribution < 1.29 is 9.32 Å². The molecule has 0 atom stereocenters. The third-order valence-electron chi connectivity index (χ3n) is 3.78. The van der Waals surface area contributed by atoms with Crippen LogP contribution in [0.3, 0.4) is 0 Å². The van der Waals surface area contributed by atoms with Gasteiger partial charge in [-0.05, 0) is 30.3 Å². The average Bonchev–Trinajstić information content (AvgIpc) is 3.09. The van der Waals surface area contributed by atoms with Gasteiger partial charge in [0.2, 0.25) is 0 Å². The molecule has 4 aromatic rings. The van der Waals surface area contributed by atoms with Gasteiger partial charge in [0.1, 0.15) is 0 Å². The summed E-state index contributed by atoms with van der Waals surface area (Å²) in [6.07, 6.45) is 1.51. The van der Waals surface area contributed by atoms with Crippen molar-refractivity contribution in [2.24, 2.45) is 0 Å². The van der Waals surface area contributed by atoms with Gasteiger partial charge in [-0.1, -0.05) is 35.0 Å². The second kappa shape index (κ2) is 6.45. The average molecular weight is 367 g/mol. The lowest BCUT2D eigenvalue weighted by Gasteiger charge is -2.10. The minimum absolute atomic E-state index is 0.171. The molecule has 0 aliphatic heterocycles. The Hall–Kier alpha value is -3.45. The van der Waals surface area contributed by atoms with Crippen molar-refractivity contribution in [1.82, 2.24) is 15.1 Å². The first kappa shape index (κ1) is 16.0. The van der Waals surface area contributed by atoms with E-state index in [9.17, 15) is 9.59 Å². The molecule has 0 saturated carbocycles. The normalized spacial score (nSPS) is 10.8. The van der Waals surface area contributed by atoms with Crippen molar-refractivity contribution in [2.45, 2.75) is 0 Å². The number of fused-ring (bicyclic) bond motifs is 1. The second-order valence-electron chi connectivity index (χ2n) is 5.50. The van der Waals surface area contributed by atoms with Crippen LogP contribution in [0.5, 0.6) is 0 Å². The number of carbonyl (C=O) groups excluding carboxylic acids is 1. The molecule has 0 aliphatic carbocycles. The molecule has 0 fully saturated rings. The monoisotopic (exact) mass is 366 g/mol. The summed E-state index contributed by atoms with van der Waals surface area (Å²) in [5, 5.41) is 7.71. The van der Waals surface area contributed by atoms with E-state index in [-0.39, 0.29) is 11.7 Å². The molecular formula is C18H11ClN4O3. The standard InChI is InChI=1S/C18H11ClN4O3/c19-12-5-6-15(13(8-12)16-22-18(25)26-23-16)21-17(24)11-7-10-3-1-2-4-14(10)20-9-11/h1-9H,(H,21,24)(H,22,23,25). The first-order valence-corrected chi connectivity index (χ1v) is 8.00. The van der Waals surface area contributed by atoms with E-state index in [1.807, 2.05) is 24.3 Å². The Morgan fingerprint density at radius 3 is 2.81 bits per heavy atom. The molecule has 2 aromatic carbocycles. The summed E-state index contributed by atoms with van der Waals surface area (Å²) < 4.78 is 4.52. The lowest BCUT2D eigenvalue weighted by molar-refractivity contribution is 0.102. The molecule has 2 aromatic heterocycles. The minimum Gasteiger partial charge on any atom is -0.321 e. The van der Waals surface area contributed by atoms with Gasteiger partial charge in [-0.3, -0.25) is 19.3 Å². The number of H-pyrrole nitrogens is 1. The summed E-state index contributed by atoms with van der Waals surface area (Å²) in [4.78, 5) is 30.6. The van der Waals surface area contributed by atoms with Crippen LogP contribution < -0.4 is 11.1 Å². The summed E-state index contributed by atoms with van der Waals surface area (Å²) in [5.74, 6) is -0.877. The fraction of sp³-hybridized carbons (Fsp3) is 0. The highest BCUT2D eigenvalue weighted by molar-refractivity contribution is 6.31. The van der Waals surface area contributed by atoms with Crippen LogP contribution in [-0.2, 0) is 0 Å². The van der Waals surface area contributed by atoms with E-state index >= 15 is 0 Å². The molecule has 0 bridgehead atoms. The Labute approximate surface area is 151 Å². The zero-order valence-corrected chi connectivity index (χ0v) is 13.9. The number of aromatic amines is 1. The zero-order chi connectivity index (χ0) is 18.1. The summed E-state index contributed by atoms with van der Waals surface area (Å²) in [6, 6.07) is 14.1. The first-order chi connectivity index (χ1) is 12.6. The number of nitrogens with zero attached hydrogens (tertiary/aromatic N) is 2. The number of anilines is 1. The highest BCUT2D eigenvalue weighted by Gasteiger charge is 2.15. The third kappa shape index (κ3) is 3.07. The maximum absolute atomic E-state index is 12.6. The highest BCUT2D eigenvalue weighted by atomic mass is 35.5. The Kier molecular flexibility index (Phi) is 3.98. The molecule has 0 saturated heterocycles. The van der Waals surface area contributed by atoms with Gasteiger partial charge in [-0.25, -0.2) is 4.79 Å². The van der Waals surface area contributed by atoms with Crippen LogP contribution in [0.25, 0.3) is 22.3 Å². The van der Waals surface area contributed by atoms with Gasteiger partial charge in [-0.15, -0.1) is 0 Å². The number of pyridine rings is 1. The van der Waals surface area contributed by atoms with E-state index in [2.05, 4.69) is 25.0 Å². The van der Waals surface area contributed by atoms with Crippen LogP contribution in [0, 0.1) is 0 Å². The Morgan fingerprint density at radius 1 is 1.15 bits per heavy atom. The number of hydrogen-bond donors (Lipinski definition) is 2. The van der Waals surface area contributed by atoms with Crippen LogP contribution in [-0.4, -0.2) is 21.0 Å². The smallest absolute Gasteiger partial charge is 0.321 e. The van der Waals surface area contributed by atoms with Crippen molar-refractivity contribution >= 4 is 34.1 Å². The lowest BCUT2D eigenvalue weighted by atomic mass is 10.1. The Bertz CT molecular complexity index is 1180. The fourth-order valence-electron chi connectivity index (χ4n) is 2.56. The molecule has 1 amide bonds. The molecule has 0 radical (unpaired) electrons. The van der Waals surface area contributed by atoms with E-state index in [1.165, 1.54) is 6.20 Å². The summed E-state index contributed by atoms with van der Waals surface area (Å²) >= 11 is 6.02. The number of aromatic nitrogens is 3. The van der Waals surface area contributed by atoms with Crippen LogP contribution >= 0.6 is 11.6 Å². The summed E-state index contributed by atoms with van der Waals surface area (Å²) in [5.41, 5.74) is 2.07. The second-order valence-corrected chi connectivity index (χ2v) is 5.94. The number of hydrogen-bond acceptors (Lipinski definition) is 5. The molecule has 26 heavy (non-hydrogen) atoms. The number of rotatable bonds is 3. The maximum Gasteiger partial charge on any atom is 0.439 e. The molecule has 2 heterocycles. The molecule has 0 spiro atoms. The maximum atomic E-state index is 12.6. The molecule has 8 heteroatoms. The van der Waals surface area contributed by atoms with E-state index in [0.29, 0.717) is 21.8 Å². The third-order valence-corrected chi connectivity index (χ3v) is 4.01. The van der Waals surface area contributed by atoms with Crippen molar-refractivity contribution in [2.75, 3.05) is 5.32 Å². The molecule has 128 valence electrons. The van der Waals surface area contributed by atoms with Gasteiger partial charge in [0.15, 0.2) is 5.82 Å². The number of nitrogens with one attached hydrogen (secondary N) is 2. The largest absolute Gasteiger partial charge is 0.439 e. The van der Waals surface area contributed by atoms with Crippen molar-refractivity contribution in [3.8, 4) is 11.4 Å².